The smallest absolute Gasteiger partial charge is 0.307 e. The van der Waals surface area contributed by atoms with Crippen LogP contribution in [0.4, 0.5) is 0 Å². The van der Waals surface area contributed by atoms with Crippen molar-refractivity contribution in [2.45, 2.75) is 0 Å². The first-order chi connectivity index (χ1) is 15.1. The minimum Gasteiger partial charge on any atom is -0.455 e. The van der Waals surface area contributed by atoms with E-state index < -0.39 is 5.91 Å². The van der Waals surface area contributed by atoms with Gasteiger partial charge in [-0.3, -0.25) is 4.79 Å². The van der Waals surface area contributed by atoms with Gasteiger partial charge in [-0.05, 0) is 53.2 Å². The maximum Gasteiger partial charge on any atom is 0.307 e. The van der Waals surface area contributed by atoms with Crippen LogP contribution >= 0.6 is 23.2 Å². The molecule has 0 radical (unpaired) electrons. The predicted octanol–water partition coefficient (Wildman–Crippen LogP) is 6.92. The Hall–Kier alpha value is -3.54. The van der Waals surface area contributed by atoms with E-state index in [-0.39, 0.29) is 5.76 Å². The molecule has 1 N–H and O–H groups in total. The van der Waals surface area contributed by atoms with Crippen molar-refractivity contribution in [2.24, 2.45) is 5.10 Å². The Morgan fingerprint density at radius 1 is 0.903 bits per heavy atom. The molecule has 5 rings (SSSR count). The van der Waals surface area contributed by atoms with Gasteiger partial charge >= 0.3 is 5.91 Å². The van der Waals surface area contributed by atoms with Crippen molar-refractivity contribution in [3.63, 3.8) is 0 Å². The van der Waals surface area contributed by atoms with Crippen molar-refractivity contribution < 1.29 is 13.6 Å². The number of carbonyl (C=O) groups excluding carboxylic acids is 1. The van der Waals surface area contributed by atoms with Crippen LogP contribution in [0.1, 0.15) is 16.3 Å². The zero-order chi connectivity index (χ0) is 21.4. The highest BCUT2D eigenvalue weighted by Gasteiger charge is 2.13. The summed E-state index contributed by atoms with van der Waals surface area (Å²) < 4.78 is 11.4. The van der Waals surface area contributed by atoms with E-state index in [1.54, 1.807) is 36.4 Å². The topological polar surface area (TPSA) is 67.7 Å². The van der Waals surface area contributed by atoms with Crippen LogP contribution in [-0.4, -0.2) is 12.1 Å². The fraction of sp³-hybridized carbons (Fsp3) is 0. The molecule has 152 valence electrons. The van der Waals surface area contributed by atoms with Crippen molar-refractivity contribution in [3.05, 3.63) is 94.4 Å². The normalized spacial score (nSPS) is 11.5. The number of rotatable bonds is 4. The van der Waals surface area contributed by atoms with Gasteiger partial charge in [-0.15, -0.1) is 0 Å². The lowest BCUT2D eigenvalue weighted by atomic mass is 10.1. The highest BCUT2D eigenvalue weighted by Crippen LogP contribution is 2.31. The van der Waals surface area contributed by atoms with Gasteiger partial charge in [0.05, 0.1) is 11.2 Å². The lowest BCUT2D eigenvalue weighted by Gasteiger charge is -2.00. The van der Waals surface area contributed by atoms with Crippen molar-refractivity contribution in [1.29, 1.82) is 0 Å². The van der Waals surface area contributed by atoms with Crippen LogP contribution in [0.25, 0.3) is 33.1 Å². The molecule has 0 bridgehead atoms. The van der Waals surface area contributed by atoms with Crippen LogP contribution in [-0.2, 0) is 0 Å². The Morgan fingerprint density at radius 3 is 2.65 bits per heavy atom. The number of furan rings is 2. The molecule has 0 unspecified atom stereocenters. The van der Waals surface area contributed by atoms with E-state index in [0.29, 0.717) is 32.7 Å². The van der Waals surface area contributed by atoms with Gasteiger partial charge in [-0.2, -0.15) is 5.10 Å². The van der Waals surface area contributed by atoms with Gasteiger partial charge in [0.25, 0.3) is 0 Å². The summed E-state index contributed by atoms with van der Waals surface area (Å²) in [6, 6.07) is 22.1. The van der Waals surface area contributed by atoms with E-state index in [1.165, 1.54) is 6.21 Å². The van der Waals surface area contributed by atoms with Gasteiger partial charge in [0.15, 0.2) is 5.76 Å². The second kappa shape index (κ2) is 7.95. The van der Waals surface area contributed by atoms with E-state index in [2.05, 4.69) is 10.5 Å². The zero-order valence-corrected chi connectivity index (χ0v) is 17.4. The molecule has 0 aliphatic carbocycles. The van der Waals surface area contributed by atoms with E-state index in [9.17, 15) is 4.79 Å². The molecular formula is C24H14Cl2N2O3. The number of hydrogen-bond donors (Lipinski definition) is 1. The molecule has 5 nitrogen and oxygen atoms in total. The van der Waals surface area contributed by atoms with Crippen LogP contribution in [0.15, 0.2) is 86.7 Å². The Kier molecular flexibility index (Phi) is 4.98. The molecule has 0 saturated carbocycles. The third kappa shape index (κ3) is 3.81. The van der Waals surface area contributed by atoms with Gasteiger partial charge in [0.1, 0.15) is 17.1 Å². The Morgan fingerprint density at radius 2 is 1.77 bits per heavy atom. The van der Waals surface area contributed by atoms with Gasteiger partial charge < -0.3 is 8.83 Å². The zero-order valence-electron chi connectivity index (χ0n) is 15.9. The van der Waals surface area contributed by atoms with Crippen LogP contribution in [0.2, 0.25) is 10.0 Å². The first kappa shape index (κ1) is 19.4. The molecule has 0 aliphatic heterocycles. The lowest BCUT2D eigenvalue weighted by Crippen LogP contribution is -2.16. The molecule has 1 amide bonds. The van der Waals surface area contributed by atoms with Crippen molar-refractivity contribution in [3.8, 4) is 11.3 Å². The monoisotopic (exact) mass is 448 g/mol. The van der Waals surface area contributed by atoms with Crippen LogP contribution in [0.5, 0.6) is 0 Å². The fourth-order valence-electron chi connectivity index (χ4n) is 3.37. The molecular weight excluding hydrogens is 435 g/mol. The van der Waals surface area contributed by atoms with Crippen molar-refractivity contribution >= 4 is 57.1 Å². The van der Waals surface area contributed by atoms with Gasteiger partial charge in [-0.25, -0.2) is 5.43 Å². The molecule has 2 heterocycles. The number of nitrogens with zero attached hydrogens (tertiary/aromatic N) is 1. The van der Waals surface area contributed by atoms with E-state index in [1.807, 2.05) is 36.4 Å². The molecule has 7 heteroatoms. The SMILES string of the molecule is O=C(N/N=C/c1ccc(-c2ccc(Cl)cc2Cl)o1)c1cc2c(ccc3ccccc32)o1. The molecule has 0 aliphatic rings. The molecule has 31 heavy (non-hydrogen) atoms. The largest absolute Gasteiger partial charge is 0.455 e. The second-order valence-corrected chi connectivity index (χ2v) is 7.68. The number of hydrazone groups is 1. The standard InChI is InChI=1S/C24H14Cl2N2O3/c25-15-6-8-18(20(26)11-15)21-10-7-16(30-21)13-27-28-24(29)23-12-19-17-4-2-1-3-14(17)5-9-22(19)31-23/h1-13H,(H,28,29)/b27-13+. The summed E-state index contributed by atoms with van der Waals surface area (Å²) >= 11 is 12.1. The molecule has 0 spiro atoms. The van der Waals surface area contributed by atoms with Crippen LogP contribution in [0, 0.1) is 0 Å². The van der Waals surface area contributed by atoms with E-state index in [4.69, 9.17) is 32.0 Å². The van der Waals surface area contributed by atoms with Gasteiger partial charge in [0.2, 0.25) is 0 Å². The first-order valence-corrected chi connectivity index (χ1v) is 10.1. The van der Waals surface area contributed by atoms with Crippen molar-refractivity contribution in [2.75, 3.05) is 0 Å². The highest BCUT2D eigenvalue weighted by atomic mass is 35.5. The number of fused-ring (bicyclic) bond motifs is 3. The summed E-state index contributed by atoms with van der Waals surface area (Å²) in [5, 5.41) is 7.97. The summed E-state index contributed by atoms with van der Waals surface area (Å²) in [5.74, 6) is 0.746. The molecule has 0 atom stereocenters. The Balaban J connectivity index is 1.33. The number of nitrogens with one attached hydrogen (secondary N) is 1. The predicted molar refractivity (Wildman–Crippen MR) is 123 cm³/mol. The van der Waals surface area contributed by atoms with Crippen LogP contribution < -0.4 is 5.43 Å². The molecule has 3 aromatic carbocycles. The molecule has 0 fully saturated rings. The Bertz CT molecular complexity index is 1470. The third-order valence-electron chi connectivity index (χ3n) is 4.83. The Labute approximate surface area is 186 Å². The molecule has 2 aromatic heterocycles. The third-order valence-corrected chi connectivity index (χ3v) is 5.38. The highest BCUT2D eigenvalue weighted by molar-refractivity contribution is 6.36. The van der Waals surface area contributed by atoms with Gasteiger partial charge in [0, 0.05) is 16.0 Å². The maximum absolute atomic E-state index is 12.5. The van der Waals surface area contributed by atoms with E-state index in [0.717, 1.165) is 16.2 Å². The van der Waals surface area contributed by atoms with Gasteiger partial charge in [-0.1, -0.05) is 53.5 Å². The van der Waals surface area contributed by atoms with Crippen molar-refractivity contribution in [1.82, 2.24) is 5.43 Å². The number of amides is 1. The maximum atomic E-state index is 12.5. The number of benzene rings is 3. The summed E-state index contributed by atoms with van der Waals surface area (Å²) in [5.41, 5.74) is 3.81. The minimum absolute atomic E-state index is 0.177. The number of carbonyl (C=O) groups is 1. The lowest BCUT2D eigenvalue weighted by molar-refractivity contribution is 0.0929. The number of halogens is 2. The second-order valence-electron chi connectivity index (χ2n) is 6.83. The average Bonchev–Trinajstić information content (AvgIpc) is 3.41. The fourth-order valence-corrected chi connectivity index (χ4v) is 3.87. The summed E-state index contributed by atoms with van der Waals surface area (Å²) in [4.78, 5) is 12.5. The summed E-state index contributed by atoms with van der Waals surface area (Å²) in [7, 11) is 0. The molecule has 0 saturated heterocycles. The quantitative estimate of drug-likeness (QED) is 0.239. The summed E-state index contributed by atoms with van der Waals surface area (Å²) in [6.45, 7) is 0. The average molecular weight is 449 g/mol. The number of hydrogen-bond acceptors (Lipinski definition) is 4. The van der Waals surface area contributed by atoms with E-state index >= 15 is 0 Å². The van der Waals surface area contributed by atoms with Crippen LogP contribution in [0.3, 0.4) is 0 Å². The molecule has 5 aromatic rings. The summed E-state index contributed by atoms with van der Waals surface area (Å²) in [6.07, 6.45) is 1.41. The minimum atomic E-state index is -0.455. The first-order valence-electron chi connectivity index (χ1n) is 9.38.